The smallest absolute Gasteiger partial charge is 0.165 e. The number of ether oxygens (including phenoxy) is 1. The Bertz CT molecular complexity index is 316. The Labute approximate surface area is 86.6 Å². The SMILES string of the molecule is OCc1ccc(OCC(O)CO)c(F)c1. The third-order valence-electron chi connectivity index (χ3n) is 1.82. The van der Waals surface area contributed by atoms with Gasteiger partial charge < -0.3 is 20.1 Å². The van der Waals surface area contributed by atoms with E-state index in [9.17, 15) is 4.39 Å². The Morgan fingerprint density at radius 2 is 2.07 bits per heavy atom. The maximum atomic E-state index is 13.2. The monoisotopic (exact) mass is 216 g/mol. The van der Waals surface area contributed by atoms with Gasteiger partial charge in [-0.2, -0.15) is 0 Å². The van der Waals surface area contributed by atoms with Gasteiger partial charge in [-0.15, -0.1) is 0 Å². The van der Waals surface area contributed by atoms with Crippen molar-refractivity contribution in [3.8, 4) is 5.75 Å². The topological polar surface area (TPSA) is 69.9 Å². The minimum Gasteiger partial charge on any atom is -0.488 e. The first kappa shape index (κ1) is 11.9. The van der Waals surface area contributed by atoms with Crippen molar-refractivity contribution in [2.75, 3.05) is 13.2 Å². The molecule has 0 aliphatic carbocycles. The Hall–Kier alpha value is -1.17. The molecule has 0 aliphatic heterocycles. The van der Waals surface area contributed by atoms with Crippen LogP contribution < -0.4 is 4.74 Å². The molecule has 1 unspecified atom stereocenters. The van der Waals surface area contributed by atoms with Crippen molar-refractivity contribution in [3.63, 3.8) is 0 Å². The summed E-state index contributed by atoms with van der Waals surface area (Å²) in [6, 6.07) is 4.04. The largest absolute Gasteiger partial charge is 0.488 e. The van der Waals surface area contributed by atoms with Crippen LogP contribution in [0.5, 0.6) is 5.75 Å². The highest BCUT2D eigenvalue weighted by molar-refractivity contribution is 5.28. The standard InChI is InChI=1S/C10H13FO4/c11-9-3-7(4-12)1-2-10(9)15-6-8(14)5-13/h1-3,8,12-14H,4-6H2. The van der Waals surface area contributed by atoms with Gasteiger partial charge in [-0.1, -0.05) is 6.07 Å². The van der Waals surface area contributed by atoms with Gasteiger partial charge in [0.2, 0.25) is 0 Å². The Morgan fingerprint density at radius 3 is 2.60 bits per heavy atom. The summed E-state index contributed by atoms with van der Waals surface area (Å²) in [6.45, 7) is -0.849. The van der Waals surface area contributed by atoms with E-state index in [0.29, 0.717) is 5.56 Å². The van der Waals surface area contributed by atoms with Crippen molar-refractivity contribution < 1.29 is 24.4 Å². The Balaban J connectivity index is 2.62. The van der Waals surface area contributed by atoms with Gasteiger partial charge in [0.15, 0.2) is 11.6 Å². The zero-order valence-corrected chi connectivity index (χ0v) is 8.06. The third kappa shape index (κ3) is 3.47. The van der Waals surface area contributed by atoms with Gasteiger partial charge in [0.1, 0.15) is 12.7 Å². The summed E-state index contributed by atoms with van der Waals surface area (Å²) in [5.74, 6) is -0.619. The molecule has 1 aromatic rings. The van der Waals surface area contributed by atoms with Crippen molar-refractivity contribution in [1.82, 2.24) is 0 Å². The molecule has 1 aromatic carbocycles. The molecular weight excluding hydrogens is 203 g/mol. The summed E-state index contributed by atoms with van der Waals surface area (Å²) in [5.41, 5.74) is 0.447. The van der Waals surface area contributed by atoms with Crippen LogP contribution in [0.2, 0.25) is 0 Å². The third-order valence-corrected chi connectivity index (χ3v) is 1.82. The molecular formula is C10H13FO4. The first-order chi connectivity index (χ1) is 7.17. The highest BCUT2D eigenvalue weighted by Crippen LogP contribution is 2.18. The van der Waals surface area contributed by atoms with Crippen LogP contribution in [0.3, 0.4) is 0 Å². The van der Waals surface area contributed by atoms with E-state index in [1.54, 1.807) is 0 Å². The molecule has 0 fully saturated rings. The summed E-state index contributed by atoms with van der Waals surface area (Å²) < 4.78 is 18.1. The van der Waals surface area contributed by atoms with Gasteiger partial charge in [-0.25, -0.2) is 4.39 Å². The highest BCUT2D eigenvalue weighted by Gasteiger charge is 2.07. The maximum Gasteiger partial charge on any atom is 0.165 e. The molecule has 0 bridgehead atoms. The van der Waals surface area contributed by atoms with E-state index in [1.807, 2.05) is 0 Å². The van der Waals surface area contributed by atoms with E-state index in [0.717, 1.165) is 6.07 Å². The fourth-order valence-electron chi connectivity index (χ4n) is 0.998. The minimum absolute atomic E-state index is 0.0142. The van der Waals surface area contributed by atoms with E-state index in [4.69, 9.17) is 20.1 Å². The lowest BCUT2D eigenvalue weighted by Crippen LogP contribution is -2.21. The van der Waals surface area contributed by atoms with Gasteiger partial charge in [0.25, 0.3) is 0 Å². The number of aliphatic hydroxyl groups is 3. The van der Waals surface area contributed by atoms with Crippen LogP contribution in [0, 0.1) is 5.82 Å². The number of hydrogen-bond acceptors (Lipinski definition) is 4. The normalized spacial score (nSPS) is 12.5. The lowest BCUT2D eigenvalue weighted by atomic mass is 10.2. The quantitative estimate of drug-likeness (QED) is 0.650. The summed E-state index contributed by atoms with van der Waals surface area (Å²) in [4.78, 5) is 0. The van der Waals surface area contributed by atoms with Crippen LogP contribution in [0.25, 0.3) is 0 Å². The molecule has 84 valence electrons. The molecule has 0 saturated carbocycles. The molecule has 1 rings (SSSR count). The molecule has 0 radical (unpaired) electrons. The predicted molar refractivity (Wildman–Crippen MR) is 50.9 cm³/mol. The van der Waals surface area contributed by atoms with Gasteiger partial charge in [0, 0.05) is 0 Å². The van der Waals surface area contributed by atoms with E-state index in [2.05, 4.69) is 0 Å². The van der Waals surface area contributed by atoms with Crippen LogP contribution in [0.1, 0.15) is 5.56 Å². The maximum absolute atomic E-state index is 13.2. The van der Waals surface area contributed by atoms with E-state index in [-0.39, 0.29) is 19.0 Å². The zero-order valence-electron chi connectivity index (χ0n) is 8.06. The fraction of sp³-hybridized carbons (Fsp3) is 0.400. The molecule has 4 nitrogen and oxygen atoms in total. The summed E-state index contributed by atoms with van der Waals surface area (Å²) in [6.07, 6.45) is -1.03. The van der Waals surface area contributed by atoms with Crippen LogP contribution in [-0.2, 0) is 6.61 Å². The molecule has 0 aliphatic rings. The summed E-state index contributed by atoms with van der Waals surface area (Å²) in [7, 11) is 0. The van der Waals surface area contributed by atoms with Crippen LogP contribution >= 0.6 is 0 Å². The molecule has 1 atom stereocenters. The lowest BCUT2D eigenvalue weighted by molar-refractivity contribution is 0.0523. The Morgan fingerprint density at radius 1 is 1.33 bits per heavy atom. The molecule has 0 saturated heterocycles. The van der Waals surface area contributed by atoms with Gasteiger partial charge >= 0.3 is 0 Å². The second kappa shape index (κ2) is 5.65. The second-order valence-electron chi connectivity index (χ2n) is 3.07. The van der Waals surface area contributed by atoms with E-state index < -0.39 is 18.5 Å². The molecule has 0 amide bonds. The van der Waals surface area contributed by atoms with Gasteiger partial charge in [-0.05, 0) is 17.7 Å². The predicted octanol–water partition coefficient (Wildman–Crippen LogP) is 0.0500. The number of halogens is 1. The van der Waals surface area contributed by atoms with Crippen molar-refractivity contribution in [1.29, 1.82) is 0 Å². The lowest BCUT2D eigenvalue weighted by Gasteiger charge is -2.10. The number of aliphatic hydroxyl groups excluding tert-OH is 3. The second-order valence-corrected chi connectivity index (χ2v) is 3.07. The van der Waals surface area contributed by atoms with Gasteiger partial charge in [0.05, 0.1) is 13.2 Å². The molecule has 3 N–H and O–H groups in total. The van der Waals surface area contributed by atoms with E-state index >= 15 is 0 Å². The van der Waals surface area contributed by atoms with Gasteiger partial charge in [-0.3, -0.25) is 0 Å². The van der Waals surface area contributed by atoms with Crippen LogP contribution in [0.15, 0.2) is 18.2 Å². The zero-order chi connectivity index (χ0) is 11.3. The highest BCUT2D eigenvalue weighted by atomic mass is 19.1. The van der Waals surface area contributed by atoms with Crippen molar-refractivity contribution in [3.05, 3.63) is 29.6 Å². The Kier molecular flexibility index (Phi) is 4.48. The number of hydrogen-bond donors (Lipinski definition) is 3. The number of benzene rings is 1. The summed E-state index contributed by atoms with van der Waals surface area (Å²) in [5, 5.41) is 26.2. The van der Waals surface area contributed by atoms with E-state index in [1.165, 1.54) is 12.1 Å². The van der Waals surface area contributed by atoms with Crippen LogP contribution in [-0.4, -0.2) is 34.6 Å². The molecule has 0 aromatic heterocycles. The van der Waals surface area contributed by atoms with Crippen molar-refractivity contribution >= 4 is 0 Å². The molecule has 5 heteroatoms. The first-order valence-electron chi connectivity index (χ1n) is 4.48. The average Bonchev–Trinajstić information content (AvgIpc) is 2.26. The molecule has 0 spiro atoms. The first-order valence-corrected chi connectivity index (χ1v) is 4.48. The molecule has 15 heavy (non-hydrogen) atoms. The van der Waals surface area contributed by atoms with Crippen molar-refractivity contribution in [2.24, 2.45) is 0 Å². The summed E-state index contributed by atoms with van der Waals surface area (Å²) >= 11 is 0. The van der Waals surface area contributed by atoms with Crippen LogP contribution in [0.4, 0.5) is 4.39 Å². The molecule has 0 heterocycles. The number of rotatable bonds is 5. The fourth-order valence-corrected chi connectivity index (χ4v) is 0.998. The average molecular weight is 216 g/mol. The van der Waals surface area contributed by atoms with Crippen molar-refractivity contribution in [2.45, 2.75) is 12.7 Å². The minimum atomic E-state index is -1.03.